The lowest BCUT2D eigenvalue weighted by atomic mass is 9.96. The van der Waals surface area contributed by atoms with Crippen molar-refractivity contribution < 1.29 is 19.1 Å². The van der Waals surface area contributed by atoms with Crippen LogP contribution in [0.5, 0.6) is 0 Å². The van der Waals surface area contributed by atoms with E-state index in [0.29, 0.717) is 45.1 Å². The smallest absolute Gasteiger partial charge is 0.410 e. The Kier molecular flexibility index (Phi) is 4.94. The first-order valence-electron chi connectivity index (χ1n) is 8.65. The van der Waals surface area contributed by atoms with Crippen LogP contribution in [0, 0.1) is 0 Å². The molecule has 0 bridgehead atoms. The summed E-state index contributed by atoms with van der Waals surface area (Å²) in [6.07, 6.45) is -0.302. The van der Waals surface area contributed by atoms with Crippen LogP contribution >= 0.6 is 0 Å². The van der Waals surface area contributed by atoms with Crippen molar-refractivity contribution in [3.05, 3.63) is 29.6 Å². The van der Waals surface area contributed by atoms with Crippen molar-refractivity contribution in [2.75, 3.05) is 39.4 Å². The van der Waals surface area contributed by atoms with E-state index in [0.717, 1.165) is 5.69 Å². The molecule has 0 spiro atoms. The fourth-order valence-corrected chi connectivity index (χ4v) is 2.87. The first-order valence-corrected chi connectivity index (χ1v) is 8.65. The number of rotatable bonds is 2. The summed E-state index contributed by atoms with van der Waals surface area (Å²) in [6, 6.07) is 5.50. The van der Waals surface area contributed by atoms with Crippen molar-refractivity contribution in [3.8, 4) is 0 Å². The molecule has 0 aromatic carbocycles. The molecule has 0 atom stereocenters. The Morgan fingerprint density at radius 1 is 1.16 bits per heavy atom. The highest BCUT2D eigenvalue weighted by Gasteiger charge is 2.35. The van der Waals surface area contributed by atoms with E-state index in [1.54, 1.807) is 15.9 Å². The Morgan fingerprint density at radius 3 is 2.48 bits per heavy atom. The number of pyridine rings is 1. The summed E-state index contributed by atoms with van der Waals surface area (Å²) in [4.78, 5) is 32.5. The second-order valence-electron chi connectivity index (χ2n) is 7.43. The average Bonchev–Trinajstić information content (AvgIpc) is 2.52. The van der Waals surface area contributed by atoms with Gasteiger partial charge in [-0.1, -0.05) is 6.07 Å². The van der Waals surface area contributed by atoms with Crippen LogP contribution in [0.15, 0.2) is 18.2 Å². The molecule has 7 nitrogen and oxygen atoms in total. The van der Waals surface area contributed by atoms with Gasteiger partial charge in [-0.25, -0.2) is 9.78 Å². The van der Waals surface area contributed by atoms with Gasteiger partial charge in [0, 0.05) is 37.8 Å². The van der Waals surface area contributed by atoms with Gasteiger partial charge in [0.25, 0.3) is 5.91 Å². The Hall–Kier alpha value is -2.15. The molecule has 25 heavy (non-hydrogen) atoms. The first kappa shape index (κ1) is 17.7. The minimum Gasteiger partial charge on any atom is -0.444 e. The van der Waals surface area contributed by atoms with Crippen molar-refractivity contribution in [2.24, 2.45) is 0 Å². The van der Waals surface area contributed by atoms with Crippen molar-refractivity contribution in [2.45, 2.75) is 32.3 Å². The van der Waals surface area contributed by atoms with Gasteiger partial charge in [-0.2, -0.15) is 0 Å². The van der Waals surface area contributed by atoms with Crippen LogP contribution in [0.4, 0.5) is 4.79 Å². The van der Waals surface area contributed by atoms with Crippen LogP contribution in [0.2, 0.25) is 0 Å². The molecule has 2 aliphatic rings. The van der Waals surface area contributed by atoms with E-state index in [1.165, 1.54) is 0 Å². The van der Waals surface area contributed by atoms with Gasteiger partial charge >= 0.3 is 6.09 Å². The number of carbonyl (C=O) groups excluding carboxylic acids is 2. The zero-order chi connectivity index (χ0) is 18.0. The fraction of sp³-hybridized carbons (Fsp3) is 0.611. The molecule has 2 aliphatic heterocycles. The van der Waals surface area contributed by atoms with Crippen molar-refractivity contribution in [1.82, 2.24) is 14.8 Å². The summed E-state index contributed by atoms with van der Waals surface area (Å²) in [7, 11) is 0. The minimum absolute atomic E-state index is 0.0616. The predicted molar refractivity (Wildman–Crippen MR) is 91.5 cm³/mol. The van der Waals surface area contributed by atoms with Gasteiger partial charge in [0.2, 0.25) is 0 Å². The molecular weight excluding hydrogens is 322 g/mol. The third-order valence-electron chi connectivity index (χ3n) is 4.24. The highest BCUT2D eigenvalue weighted by atomic mass is 16.6. The standard InChI is InChI=1S/C18H25N3O4/c1-18(2,3)25-17(23)21-11-13(12-21)14-5-4-6-15(19-14)16(22)20-7-9-24-10-8-20/h4-6,13H,7-12H2,1-3H3. The van der Waals surface area contributed by atoms with Gasteiger partial charge in [-0.3, -0.25) is 4.79 Å². The maximum atomic E-state index is 12.5. The third kappa shape index (κ3) is 4.28. The molecule has 1 aromatic rings. The molecule has 1 aromatic heterocycles. The maximum absolute atomic E-state index is 12.5. The van der Waals surface area contributed by atoms with Gasteiger partial charge in [0.15, 0.2) is 0 Å². The zero-order valence-electron chi connectivity index (χ0n) is 15.0. The second kappa shape index (κ2) is 7.00. The van der Waals surface area contributed by atoms with Crippen LogP contribution in [-0.4, -0.2) is 71.8 Å². The van der Waals surface area contributed by atoms with Crippen LogP contribution in [0.3, 0.4) is 0 Å². The fourth-order valence-electron chi connectivity index (χ4n) is 2.87. The minimum atomic E-state index is -0.495. The molecule has 2 amide bonds. The summed E-state index contributed by atoms with van der Waals surface area (Å²) in [6.45, 7) is 9.02. The van der Waals surface area contributed by atoms with E-state index >= 15 is 0 Å². The van der Waals surface area contributed by atoms with Crippen molar-refractivity contribution in [3.63, 3.8) is 0 Å². The predicted octanol–water partition coefficient (Wildman–Crippen LogP) is 1.89. The molecule has 0 saturated carbocycles. The van der Waals surface area contributed by atoms with Crippen LogP contribution in [-0.2, 0) is 9.47 Å². The number of amides is 2. The molecule has 7 heteroatoms. The normalized spacial score (nSPS) is 18.7. The van der Waals surface area contributed by atoms with E-state index in [9.17, 15) is 9.59 Å². The SMILES string of the molecule is CC(C)(C)OC(=O)N1CC(c2cccc(C(=O)N3CCOCC3)n2)C1. The Labute approximate surface area is 147 Å². The largest absolute Gasteiger partial charge is 0.444 e. The lowest BCUT2D eigenvalue weighted by Gasteiger charge is -2.39. The summed E-state index contributed by atoms with van der Waals surface area (Å²) in [5.74, 6) is 0.0819. The number of likely N-dealkylation sites (tertiary alicyclic amines) is 1. The molecule has 2 saturated heterocycles. The van der Waals surface area contributed by atoms with E-state index in [4.69, 9.17) is 9.47 Å². The molecule has 0 radical (unpaired) electrons. The molecule has 0 aliphatic carbocycles. The average molecular weight is 347 g/mol. The van der Waals surface area contributed by atoms with Gasteiger partial charge in [-0.05, 0) is 32.9 Å². The Balaban J connectivity index is 1.60. The lowest BCUT2D eigenvalue weighted by molar-refractivity contribution is 0.00778. The number of nitrogens with zero attached hydrogens (tertiary/aromatic N) is 3. The molecular formula is C18H25N3O4. The zero-order valence-corrected chi connectivity index (χ0v) is 15.0. The van der Waals surface area contributed by atoms with Gasteiger partial charge in [0.1, 0.15) is 11.3 Å². The lowest BCUT2D eigenvalue weighted by Crippen LogP contribution is -2.50. The van der Waals surface area contributed by atoms with E-state index in [2.05, 4.69) is 4.98 Å². The highest BCUT2D eigenvalue weighted by Crippen LogP contribution is 2.27. The van der Waals surface area contributed by atoms with Gasteiger partial charge in [0.05, 0.1) is 13.2 Å². The quantitative estimate of drug-likeness (QED) is 0.817. The molecule has 0 N–H and O–H groups in total. The number of aromatic nitrogens is 1. The maximum Gasteiger partial charge on any atom is 0.410 e. The molecule has 2 fully saturated rings. The molecule has 3 rings (SSSR count). The van der Waals surface area contributed by atoms with Gasteiger partial charge < -0.3 is 19.3 Å². The number of carbonyl (C=O) groups is 2. The van der Waals surface area contributed by atoms with Crippen LogP contribution < -0.4 is 0 Å². The van der Waals surface area contributed by atoms with Crippen LogP contribution in [0.25, 0.3) is 0 Å². The molecule has 136 valence electrons. The topological polar surface area (TPSA) is 72.0 Å². The van der Waals surface area contributed by atoms with E-state index in [-0.39, 0.29) is 17.9 Å². The number of hydrogen-bond acceptors (Lipinski definition) is 5. The summed E-state index contributed by atoms with van der Waals surface area (Å²) >= 11 is 0. The van der Waals surface area contributed by atoms with Crippen molar-refractivity contribution in [1.29, 1.82) is 0 Å². The summed E-state index contributed by atoms with van der Waals surface area (Å²) in [5.41, 5.74) is 0.805. The number of hydrogen-bond donors (Lipinski definition) is 0. The Morgan fingerprint density at radius 2 is 1.84 bits per heavy atom. The van der Waals surface area contributed by atoms with E-state index in [1.807, 2.05) is 32.9 Å². The van der Waals surface area contributed by atoms with E-state index < -0.39 is 5.60 Å². The highest BCUT2D eigenvalue weighted by molar-refractivity contribution is 5.92. The number of ether oxygens (including phenoxy) is 2. The molecule has 0 unspecified atom stereocenters. The Bertz CT molecular complexity index is 644. The summed E-state index contributed by atoms with van der Waals surface area (Å²) in [5, 5.41) is 0. The third-order valence-corrected chi connectivity index (χ3v) is 4.24. The molecule has 3 heterocycles. The monoisotopic (exact) mass is 347 g/mol. The van der Waals surface area contributed by atoms with Gasteiger partial charge in [-0.15, -0.1) is 0 Å². The van der Waals surface area contributed by atoms with Crippen molar-refractivity contribution >= 4 is 12.0 Å². The first-order chi connectivity index (χ1) is 11.8. The number of morpholine rings is 1. The summed E-state index contributed by atoms with van der Waals surface area (Å²) < 4.78 is 10.6. The van der Waals surface area contributed by atoms with Crippen LogP contribution in [0.1, 0.15) is 42.9 Å². The second-order valence-corrected chi connectivity index (χ2v) is 7.43.